The van der Waals surface area contributed by atoms with E-state index in [2.05, 4.69) is 4.84 Å². The van der Waals surface area contributed by atoms with Gasteiger partial charge in [0, 0.05) is 0 Å². The maximum atomic E-state index is 11.1. The van der Waals surface area contributed by atoms with Crippen molar-refractivity contribution in [2.24, 2.45) is 0 Å². The molecule has 0 atom stereocenters. The average molecular weight is 239 g/mol. The molecule has 0 radical (unpaired) electrons. The monoisotopic (exact) mass is 239 g/mol. The maximum absolute atomic E-state index is 11.1. The van der Waals surface area contributed by atoms with Crippen LogP contribution in [0.3, 0.4) is 0 Å². The first-order chi connectivity index (χ1) is 8.18. The molecule has 0 aliphatic heterocycles. The fourth-order valence-corrected chi connectivity index (χ4v) is 1.04. The number of amides is 1. The van der Waals surface area contributed by atoms with E-state index in [0.29, 0.717) is 6.61 Å². The van der Waals surface area contributed by atoms with Gasteiger partial charge in [0.25, 0.3) is 5.91 Å². The van der Waals surface area contributed by atoms with Gasteiger partial charge in [-0.25, -0.2) is 10.3 Å². The van der Waals surface area contributed by atoms with Crippen molar-refractivity contribution in [1.82, 2.24) is 5.48 Å². The van der Waals surface area contributed by atoms with Crippen LogP contribution in [0.5, 0.6) is 0 Å². The van der Waals surface area contributed by atoms with Gasteiger partial charge in [-0.2, -0.15) is 0 Å². The molecule has 0 bridgehead atoms. The number of hydroxylamine groups is 1. The van der Waals surface area contributed by atoms with Crippen molar-refractivity contribution in [2.75, 3.05) is 13.2 Å². The molecule has 0 aromatic heterocycles. The lowest BCUT2D eigenvalue weighted by atomic mass is 10.2. The minimum atomic E-state index is -1.16. The van der Waals surface area contributed by atoms with Crippen LogP contribution in [0.15, 0.2) is 30.3 Å². The Hall–Kier alpha value is -1.92. The fraction of sp³-hybridized carbons (Fsp3) is 0.273. The third-order valence-electron chi connectivity index (χ3n) is 1.73. The Labute approximate surface area is 98.1 Å². The summed E-state index contributed by atoms with van der Waals surface area (Å²) in [6, 6.07) is 9.37. The van der Waals surface area contributed by atoms with Crippen LogP contribution < -0.4 is 5.48 Å². The number of carboxylic acids is 1. The number of benzene rings is 1. The SMILES string of the molecule is O=C(O)CONC(=O)COCc1ccccc1. The molecule has 0 saturated carbocycles. The van der Waals surface area contributed by atoms with Crippen LogP contribution in [0.4, 0.5) is 0 Å². The van der Waals surface area contributed by atoms with Gasteiger partial charge >= 0.3 is 5.97 Å². The third kappa shape index (κ3) is 6.29. The maximum Gasteiger partial charge on any atom is 0.332 e. The van der Waals surface area contributed by atoms with Crippen LogP contribution in [0.1, 0.15) is 5.56 Å². The van der Waals surface area contributed by atoms with Gasteiger partial charge in [0.05, 0.1) is 6.61 Å². The van der Waals surface area contributed by atoms with Crippen LogP contribution in [0, 0.1) is 0 Å². The molecular formula is C11H13NO5. The normalized spacial score (nSPS) is 9.88. The zero-order valence-corrected chi connectivity index (χ0v) is 9.09. The van der Waals surface area contributed by atoms with Crippen LogP contribution in [-0.2, 0) is 25.8 Å². The predicted octanol–water partition coefficient (Wildman–Crippen LogP) is 0.336. The molecule has 2 N–H and O–H groups in total. The first-order valence-corrected chi connectivity index (χ1v) is 4.92. The molecule has 0 aliphatic rings. The molecule has 6 heteroatoms. The van der Waals surface area contributed by atoms with Crippen molar-refractivity contribution in [3.8, 4) is 0 Å². The highest BCUT2D eigenvalue weighted by Crippen LogP contribution is 1.99. The van der Waals surface area contributed by atoms with Gasteiger partial charge in [-0.3, -0.25) is 9.63 Å². The minimum Gasteiger partial charge on any atom is -0.479 e. The lowest BCUT2D eigenvalue weighted by molar-refractivity contribution is -0.151. The van der Waals surface area contributed by atoms with Gasteiger partial charge in [-0.1, -0.05) is 30.3 Å². The second-order valence-electron chi connectivity index (χ2n) is 3.19. The summed E-state index contributed by atoms with van der Waals surface area (Å²) >= 11 is 0. The van der Waals surface area contributed by atoms with Gasteiger partial charge in [-0.15, -0.1) is 0 Å². The summed E-state index contributed by atoms with van der Waals surface area (Å²) in [6.45, 7) is -0.452. The van der Waals surface area contributed by atoms with Crippen molar-refractivity contribution in [3.63, 3.8) is 0 Å². The van der Waals surface area contributed by atoms with E-state index in [1.807, 2.05) is 35.8 Å². The van der Waals surface area contributed by atoms with Gasteiger partial charge in [0.1, 0.15) is 6.61 Å². The number of hydrogen-bond acceptors (Lipinski definition) is 4. The lowest BCUT2D eigenvalue weighted by Crippen LogP contribution is -2.29. The number of rotatable bonds is 7. The van der Waals surface area contributed by atoms with E-state index in [-0.39, 0.29) is 6.61 Å². The van der Waals surface area contributed by atoms with Gasteiger partial charge in [0.15, 0.2) is 6.61 Å². The predicted molar refractivity (Wildman–Crippen MR) is 57.8 cm³/mol. The van der Waals surface area contributed by atoms with Crippen molar-refractivity contribution in [2.45, 2.75) is 6.61 Å². The number of carbonyl (C=O) groups excluding carboxylic acids is 1. The summed E-state index contributed by atoms with van der Waals surface area (Å²) in [5.74, 6) is -1.68. The molecule has 1 aromatic rings. The molecular weight excluding hydrogens is 226 g/mol. The summed E-state index contributed by atoms with van der Waals surface area (Å²) in [7, 11) is 0. The Balaban J connectivity index is 2.10. The zero-order valence-electron chi connectivity index (χ0n) is 9.09. The zero-order chi connectivity index (χ0) is 12.5. The number of hydrogen-bond donors (Lipinski definition) is 2. The minimum absolute atomic E-state index is 0.186. The lowest BCUT2D eigenvalue weighted by Gasteiger charge is -2.05. The summed E-state index contributed by atoms with van der Waals surface area (Å²) in [6.07, 6.45) is 0. The molecule has 0 aliphatic carbocycles. The van der Waals surface area contributed by atoms with E-state index < -0.39 is 18.5 Å². The number of carboxylic acid groups (broad SMARTS) is 1. The molecule has 0 spiro atoms. The van der Waals surface area contributed by atoms with Gasteiger partial charge in [0.2, 0.25) is 0 Å². The number of aliphatic carboxylic acids is 1. The number of nitrogens with one attached hydrogen (secondary N) is 1. The quantitative estimate of drug-likeness (QED) is 0.670. The highest BCUT2D eigenvalue weighted by Gasteiger charge is 2.03. The smallest absolute Gasteiger partial charge is 0.332 e. The topological polar surface area (TPSA) is 84.9 Å². The Kier molecular flexibility index (Phi) is 5.70. The highest BCUT2D eigenvalue weighted by molar-refractivity contribution is 5.76. The number of carbonyl (C=O) groups is 2. The van der Waals surface area contributed by atoms with E-state index in [1.54, 1.807) is 0 Å². The largest absolute Gasteiger partial charge is 0.479 e. The molecule has 0 heterocycles. The Bertz CT molecular complexity index is 365. The van der Waals surface area contributed by atoms with Crippen LogP contribution in [0.25, 0.3) is 0 Å². The Morgan fingerprint density at radius 2 is 1.88 bits per heavy atom. The van der Waals surface area contributed by atoms with E-state index in [4.69, 9.17) is 9.84 Å². The molecule has 0 saturated heterocycles. The summed E-state index contributed by atoms with van der Waals surface area (Å²) < 4.78 is 5.10. The molecule has 0 fully saturated rings. The first kappa shape index (κ1) is 13.1. The molecule has 1 amide bonds. The average Bonchev–Trinajstić information content (AvgIpc) is 2.30. The van der Waals surface area contributed by atoms with E-state index >= 15 is 0 Å². The molecule has 92 valence electrons. The van der Waals surface area contributed by atoms with Crippen molar-refractivity contribution < 1.29 is 24.3 Å². The van der Waals surface area contributed by atoms with Crippen molar-refractivity contribution >= 4 is 11.9 Å². The first-order valence-electron chi connectivity index (χ1n) is 4.92. The van der Waals surface area contributed by atoms with Crippen molar-refractivity contribution in [3.05, 3.63) is 35.9 Å². The van der Waals surface area contributed by atoms with E-state index in [0.717, 1.165) is 5.56 Å². The molecule has 17 heavy (non-hydrogen) atoms. The molecule has 0 unspecified atom stereocenters. The van der Waals surface area contributed by atoms with Gasteiger partial charge in [-0.05, 0) is 5.56 Å². The summed E-state index contributed by atoms with van der Waals surface area (Å²) in [5.41, 5.74) is 2.91. The fourth-order valence-electron chi connectivity index (χ4n) is 1.04. The third-order valence-corrected chi connectivity index (χ3v) is 1.73. The van der Waals surface area contributed by atoms with E-state index in [9.17, 15) is 9.59 Å². The number of ether oxygens (including phenoxy) is 1. The highest BCUT2D eigenvalue weighted by atomic mass is 16.7. The summed E-state index contributed by atoms with van der Waals surface area (Å²) in [4.78, 5) is 25.5. The van der Waals surface area contributed by atoms with Gasteiger partial charge < -0.3 is 9.84 Å². The summed E-state index contributed by atoms with van der Waals surface area (Å²) in [5, 5.41) is 8.24. The van der Waals surface area contributed by atoms with Crippen LogP contribution >= 0.6 is 0 Å². The van der Waals surface area contributed by atoms with Crippen LogP contribution in [0.2, 0.25) is 0 Å². The second-order valence-corrected chi connectivity index (χ2v) is 3.19. The van der Waals surface area contributed by atoms with Crippen molar-refractivity contribution in [1.29, 1.82) is 0 Å². The Morgan fingerprint density at radius 3 is 2.53 bits per heavy atom. The van der Waals surface area contributed by atoms with E-state index in [1.165, 1.54) is 0 Å². The molecule has 6 nitrogen and oxygen atoms in total. The standard InChI is InChI=1S/C11H13NO5/c13-10(12-17-8-11(14)15)7-16-6-9-4-2-1-3-5-9/h1-5H,6-8H2,(H,12,13)(H,14,15). The second kappa shape index (κ2) is 7.37. The Morgan fingerprint density at radius 1 is 1.18 bits per heavy atom. The molecule has 1 aromatic carbocycles. The van der Waals surface area contributed by atoms with Crippen LogP contribution in [-0.4, -0.2) is 30.2 Å². The molecule has 1 rings (SSSR count).